The van der Waals surface area contributed by atoms with Gasteiger partial charge in [0.15, 0.2) is 0 Å². The van der Waals surface area contributed by atoms with Gasteiger partial charge >= 0.3 is 5.97 Å². The number of carbonyl (C=O) groups is 1. The standard InChI is InChI=1S/C8H12O2.C2H6/c1-4-6(3)7(5-2)8(9)10;1-2/h4-5H,1-3H3,(H,9,10);1-2H3/b6-4-,7-5+;. The van der Waals surface area contributed by atoms with Crippen LogP contribution in [0.15, 0.2) is 23.3 Å². The summed E-state index contributed by atoms with van der Waals surface area (Å²) in [5.41, 5.74) is 1.18. The molecule has 0 heterocycles. The number of carboxylic acids is 1. The Morgan fingerprint density at radius 3 is 1.67 bits per heavy atom. The molecule has 0 radical (unpaired) electrons. The molecule has 2 heteroatoms. The molecule has 2 nitrogen and oxygen atoms in total. The number of hydrogen-bond acceptors (Lipinski definition) is 1. The molecule has 0 aromatic rings. The molecule has 0 aromatic heterocycles. The Kier molecular flexibility index (Phi) is 9.08. The minimum atomic E-state index is -0.863. The van der Waals surface area contributed by atoms with Gasteiger partial charge in [-0.25, -0.2) is 4.79 Å². The van der Waals surface area contributed by atoms with Gasteiger partial charge in [0.1, 0.15) is 0 Å². The molecular weight excluding hydrogens is 152 g/mol. The summed E-state index contributed by atoms with van der Waals surface area (Å²) < 4.78 is 0. The second kappa shape index (κ2) is 8.05. The van der Waals surface area contributed by atoms with E-state index in [-0.39, 0.29) is 0 Å². The van der Waals surface area contributed by atoms with Crippen molar-refractivity contribution in [2.45, 2.75) is 34.6 Å². The van der Waals surface area contributed by atoms with Crippen LogP contribution in [-0.2, 0) is 4.79 Å². The minimum absolute atomic E-state index is 0.377. The van der Waals surface area contributed by atoms with Crippen molar-refractivity contribution in [1.29, 1.82) is 0 Å². The van der Waals surface area contributed by atoms with E-state index in [1.807, 2.05) is 20.8 Å². The first kappa shape index (κ1) is 13.5. The van der Waals surface area contributed by atoms with Crippen LogP contribution in [-0.4, -0.2) is 11.1 Å². The molecule has 1 N–H and O–H groups in total. The van der Waals surface area contributed by atoms with Gasteiger partial charge in [-0.1, -0.05) is 26.0 Å². The number of hydrogen-bond donors (Lipinski definition) is 1. The largest absolute Gasteiger partial charge is 0.478 e. The lowest BCUT2D eigenvalue weighted by molar-refractivity contribution is -0.132. The Morgan fingerprint density at radius 1 is 1.17 bits per heavy atom. The van der Waals surface area contributed by atoms with E-state index in [9.17, 15) is 4.79 Å². The summed E-state index contributed by atoms with van der Waals surface area (Å²) in [5, 5.41) is 8.57. The topological polar surface area (TPSA) is 37.3 Å². The van der Waals surface area contributed by atoms with Gasteiger partial charge < -0.3 is 5.11 Å². The zero-order chi connectivity index (χ0) is 10.1. The molecule has 0 fully saturated rings. The number of carboxylic acid groups (broad SMARTS) is 1. The van der Waals surface area contributed by atoms with E-state index in [1.54, 1.807) is 26.0 Å². The number of allylic oxidation sites excluding steroid dienone is 2. The maximum Gasteiger partial charge on any atom is 0.335 e. The Balaban J connectivity index is 0. The molecule has 0 amide bonds. The van der Waals surface area contributed by atoms with E-state index >= 15 is 0 Å². The van der Waals surface area contributed by atoms with Crippen LogP contribution < -0.4 is 0 Å². The van der Waals surface area contributed by atoms with Gasteiger partial charge in [0.05, 0.1) is 5.57 Å². The summed E-state index contributed by atoms with van der Waals surface area (Å²) in [4.78, 5) is 10.4. The lowest BCUT2D eigenvalue weighted by atomic mass is 10.1. The molecule has 0 spiro atoms. The normalized spacial score (nSPS) is 11.8. The van der Waals surface area contributed by atoms with Crippen LogP contribution >= 0.6 is 0 Å². The van der Waals surface area contributed by atoms with E-state index in [2.05, 4.69) is 0 Å². The predicted octanol–water partition coefficient (Wildman–Crippen LogP) is 3.01. The SMILES string of the molecule is C/C=C(C)\C(=C/C)C(=O)O.CC. The second-order valence-electron chi connectivity index (χ2n) is 1.98. The van der Waals surface area contributed by atoms with E-state index in [0.29, 0.717) is 5.57 Å². The summed E-state index contributed by atoms with van der Waals surface area (Å²) >= 11 is 0. The van der Waals surface area contributed by atoms with Crippen molar-refractivity contribution in [3.63, 3.8) is 0 Å². The van der Waals surface area contributed by atoms with Gasteiger partial charge in [-0.05, 0) is 26.3 Å². The number of aliphatic carboxylic acids is 1. The third-order valence-electron chi connectivity index (χ3n) is 1.38. The average molecular weight is 170 g/mol. The minimum Gasteiger partial charge on any atom is -0.478 e. The van der Waals surface area contributed by atoms with Gasteiger partial charge in [-0.3, -0.25) is 0 Å². The Morgan fingerprint density at radius 2 is 1.58 bits per heavy atom. The maximum atomic E-state index is 10.4. The molecule has 0 bridgehead atoms. The Bertz CT molecular complexity index is 188. The molecule has 0 atom stereocenters. The highest BCUT2D eigenvalue weighted by Gasteiger charge is 2.05. The average Bonchev–Trinajstić information content (AvgIpc) is 2.08. The van der Waals surface area contributed by atoms with Crippen molar-refractivity contribution in [2.24, 2.45) is 0 Å². The summed E-state index contributed by atoms with van der Waals surface area (Å²) in [6.07, 6.45) is 3.38. The van der Waals surface area contributed by atoms with Crippen LogP contribution in [0.4, 0.5) is 0 Å². The van der Waals surface area contributed by atoms with Gasteiger partial charge in [0.25, 0.3) is 0 Å². The molecule has 12 heavy (non-hydrogen) atoms. The van der Waals surface area contributed by atoms with Crippen LogP contribution in [0, 0.1) is 0 Å². The van der Waals surface area contributed by atoms with E-state index < -0.39 is 5.97 Å². The van der Waals surface area contributed by atoms with Gasteiger partial charge in [0, 0.05) is 0 Å². The van der Waals surface area contributed by atoms with Gasteiger partial charge in [-0.2, -0.15) is 0 Å². The molecule has 0 aromatic carbocycles. The lowest BCUT2D eigenvalue weighted by Gasteiger charge is -1.98. The van der Waals surface area contributed by atoms with Crippen LogP contribution in [0.1, 0.15) is 34.6 Å². The highest BCUT2D eigenvalue weighted by atomic mass is 16.4. The molecule has 0 aliphatic rings. The van der Waals surface area contributed by atoms with E-state index in [1.165, 1.54) is 0 Å². The fourth-order valence-corrected chi connectivity index (χ4v) is 0.675. The molecule has 0 aliphatic heterocycles. The van der Waals surface area contributed by atoms with Crippen molar-refractivity contribution in [1.82, 2.24) is 0 Å². The molecular formula is C10H18O2. The first-order chi connectivity index (χ1) is 5.63. The predicted molar refractivity (Wildman–Crippen MR) is 52.2 cm³/mol. The van der Waals surface area contributed by atoms with E-state index in [4.69, 9.17) is 5.11 Å². The Labute approximate surface area is 74.6 Å². The zero-order valence-electron chi connectivity index (χ0n) is 8.51. The highest BCUT2D eigenvalue weighted by Crippen LogP contribution is 2.07. The third kappa shape index (κ3) is 4.72. The summed E-state index contributed by atoms with van der Waals surface area (Å²) in [5.74, 6) is -0.863. The van der Waals surface area contributed by atoms with Crippen LogP contribution in [0.2, 0.25) is 0 Å². The van der Waals surface area contributed by atoms with Crippen molar-refractivity contribution in [2.75, 3.05) is 0 Å². The maximum absolute atomic E-state index is 10.4. The molecule has 0 unspecified atom stereocenters. The molecule has 70 valence electrons. The van der Waals surface area contributed by atoms with E-state index in [0.717, 1.165) is 5.57 Å². The molecule has 0 saturated carbocycles. The van der Waals surface area contributed by atoms with Crippen LogP contribution in [0.25, 0.3) is 0 Å². The quantitative estimate of drug-likeness (QED) is 0.511. The first-order valence-electron chi connectivity index (χ1n) is 4.16. The second-order valence-corrected chi connectivity index (χ2v) is 1.98. The summed E-state index contributed by atoms with van der Waals surface area (Å²) in [6, 6.07) is 0. The highest BCUT2D eigenvalue weighted by molar-refractivity contribution is 5.91. The summed E-state index contributed by atoms with van der Waals surface area (Å²) in [6.45, 7) is 9.32. The molecule has 0 rings (SSSR count). The fraction of sp³-hybridized carbons (Fsp3) is 0.500. The summed E-state index contributed by atoms with van der Waals surface area (Å²) in [7, 11) is 0. The van der Waals surface area contributed by atoms with Gasteiger partial charge in [-0.15, -0.1) is 0 Å². The van der Waals surface area contributed by atoms with Gasteiger partial charge in [0.2, 0.25) is 0 Å². The van der Waals surface area contributed by atoms with Crippen molar-refractivity contribution in [3.05, 3.63) is 23.3 Å². The molecule has 0 aliphatic carbocycles. The smallest absolute Gasteiger partial charge is 0.335 e. The third-order valence-corrected chi connectivity index (χ3v) is 1.38. The van der Waals surface area contributed by atoms with Crippen molar-refractivity contribution < 1.29 is 9.90 Å². The molecule has 0 saturated heterocycles. The first-order valence-corrected chi connectivity index (χ1v) is 4.16. The fourth-order valence-electron chi connectivity index (χ4n) is 0.675. The zero-order valence-corrected chi connectivity index (χ0v) is 8.51. The lowest BCUT2D eigenvalue weighted by Crippen LogP contribution is -2.00. The monoisotopic (exact) mass is 170 g/mol. The number of rotatable bonds is 2. The Hall–Kier alpha value is -1.05. The van der Waals surface area contributed by atoms with Crippen molar-refractivity contribution in [3.8, 4) is 0 Å². The van der Waals surface area contributed by atoms with Crippen LogP contribution in [0.5, 0.6) is 0 Å². The van der Waals surface area contributed by atoms with Crippen LogP contribution in [0.3, 0.4) is 0 Å². The van der Waals surface area contributed by atoms with Crippen molar-refractivity contribution >= 4 is 5.97 Å².